The molecule has 1 amide bonds. The number of aliphatic hydroxyl groups excluding tert-OH is 3. The van der Waals surface area contributed by atoms with Crippen molar-refractivity contribution in [3.8, 4) is 0 Å². The Morgan fingerprint density at radius 1 is 0.683 bits per heavy atom. The molecule has 0 heterocycles. The zero-order chi connectivity index (χ0) is 30.2. The third-order valence-electron chi connectivity index (χ3n) is 6.78. The lowest BCUT2D eigenvalue weighted by molar-refractivity contribution is -0.122. The first-order valence-corrected chi connectivity index (χ1v) is 16.3. The van der Waals surface area contributed by atoms with E-state index in [0.717, 1.165) is 38.5 Å². The van der Waals surface area contributed by atoms with Crippen LogP contribution in [0.15, 0.2) is 72.9 Å². The minimum Gasteiger partial charge on any atom is -0.394 e. The SMILES string of the molecule is CC/C=C\C/C=C\CC(O)/C=C/C=C\C/C=C\CCCC(=O)N[C@@H](CO)[C@H](O)/C=C/CCCCCCCCCCC. The van der Waals surface area contributed by atoms with Crippen LogP contribution in [0.25, 0.3) is 0 Å². The molecule has 0 fully saturated rings. The molecule has 0 radical (unpaired) electrons. The fraction of sp³-hybridized carbons (Fsp3) is 0.639. The second-order valence-corrected chi connectivity index (χ2v) is 10.7. The molecule has 0 saturated heterocycles. The normalized spacial score (nSPS) is 15.0. The molecule has 0 bridgehead atoms. The van der Waals surface area contributed by atoms with Gasteiger partial charge in [-0.3, -0.25) is 4.79 Å². The lowest BCUT2D eigenvalue weighted by Gasteiger charge is -2.19. The summed E-state index contributed by atoms with van der Waals surface area (Å²) in [5.41, 5.74) is 0. The molecular weight excluding hydrogens is 510 g/mol. The molecular formula is C36H61NO4. The summed E-state index contributed by atoms with van der Waals surface area (Å²) < 4.78 is 0. The van der Waals surface area contributed by atoms with Crippen molar-refractivity contribution in [3.05, 3.63) is 72.9 Å². The van der Waals surface area contributed by atoms with Crippen LogP contribution in [-0.2, 0) is 4.79 Å². The summed E-state index contributed by atoms with van der Waals surface area (Å²) in [5.74, 6) is -0.153. The quantitative estimate of drug-likeness (QED) is 0.0454. The van der Waals surface area contributed by atoms with Gasteiger partial charge < -0.3 is 20.6 Å². The van der Waals surface area contributed by atoms with Gasteiger partial charge in [-0.05, 0) is 51.4 Å². The Kier molecular flexibility index (Phi) is 29.1. The van der Waals surface area contributed by atoms with Crippen LogP contribution in [-0.4, -0.2) is 46.1 Å². The number of unbranched alkanes of at least 4 members (excludes halogenated alkanes) is 10. The Balaban J connectivity index is 3.93. The van der Waals surface area contributed by atoms with Crippen LogP contribution < -0.4 is 5.32 Å². The van der Waals surface area contributed by atoms with E-state index >= 15 is 0 Å². The molecule has 0 saturated carbocycles. The van der Waals surface area contributed by atoms with Crippen molar-refractivity contribution in [2.75, 3.05) is 6.61 Å². The van der Waals surface area contributed by atoms with E-state index < -0.39 is 18.2 Å². The van der Waals surface area contributed by atoms with Gasteiger partial charge in [-0.25, -0.2) is 0 Å². The lowest BCUT2D eigenvalue weighted by atomic mass is 10.1. The van der Waals surface area contributed by atoms with Crippen LogP contribution in [0.1, 0.15) is 123 Å². The zero-order valence-electron chi connectivity index (χ0n) is 26.1. The summed E-state index contributed by atoms with van der Waals surface area (Å²) in [5, 5.41) is 32.6. The number of aliphatic hydroxyl groups is 3. The summed E-state index contributed by atoms with van der Waals surface area (Å²) >= 11 is 0. The second-order valence-electron chi connectivity index (χ2n) is 10.7. The molecule has 0 aromatic heterocycles. The lowest BCUT2D eigenvalue weighted by Crippen LogP contribution is -2.45. The van der Waals surface area contributed by atoms with Crippen molar-refractivity contribution in [2.45, 2.75) is 141 Å². The number of carbonyl (C=O) groups excluding carboxylic acids is 1. The van der Waals surface area contributed by atoms with Gasteiger partial charge in [0.25, 0.3) is 0 Å². The molecule has 0 aromatic rings. The molecule has 5 nitrogen and oxygen atoms in total. The predicted molar refractivity (Wildman–Crippen MR) is 176 cm³/mol. The highest BCUT2D eigenvalue weighted by Crippen LogP contribution is 2.11. The van der Waals surface area contributed by atoms with E-state index in [2.05, 4.69) is 49.5 Å². The van der Waals surface area contributed by atoms with Crippen LogP contribution in [0, 0.1) is 0 Å². The average Bonchev–Trinajstić information content (AvgIpc) is 2.97. The Morgan fingerprint density at radius 3 is 2.02 bits per heavy atom. The third-order valence-corrected chi connectivity index (χ3v) is 6.78. The van der Waals surface area contributed by atoms with Crippen LogP contribution in [0.3, 0.4) is 0 Å². The molecule has 234 valence electrons. The maximum Gasteiger partial charge on any atom is 0.220 e. The second kappa shape index (κ2) is 30.7. The number of hydrogen-bond donors (Lipinski definition) is 4. The Morgan fingerprint density at radius 2 is 1.32 bits per heavy atom. The van der Waals surface area contributed by atoms with E-state index in [4.69, 9.17) is 0 Å². The molecule has 0 aliphatic rings. The third kappa shape index (κ3) is 27.7. The van der Waals surface area contributed by atoms with Crippen LogP contribution in [0.4, 0.5) is 0 Å². The van der Waals surface area contributed by atoms with Crippen molar-refractivity contribution in [3.63, 3.8) is 0 Å². The minimum atomic E-state index is -0.881. The molecule has 3 atom stereocenters. The molecule has 5 heteroatoms. The maximum atomic E-state index is 12.2. The highest BCUT2D eigenvalue weighted by atomic mass is 16.3. The van der Waals surface area contributed by atoms with Gasteiger partial charge in [0.2, 0.25) is 5.91 Å². The van der Waals surface area contributed by atoms with Gasteiger partial charge in [-0.15, -0.1) is 0 Å². The van der Waals surface area contributed by atoms with E-state index in [-0.39, 0.29) is 12.5 Å². The fourth-order valence-corrected chi connectivity index (χ4v) is 4.24. The monoisotopic (exact) mass is 571 g/mol. The minimum absolute atomic E-state index is 0.153. The van der Waals surface area contributed by atoms with Crippen LogP contribution in [0.2, 0.25) is 0 Å². The number of allylic oxidation sites excluding steroid dienone is 9. The first-order chi connectivity index (χ1) is 20.0. The van der Waals surface area contributed by atoms with E-state index in [1.54, 1.807) is 12.2 Å². The Labute approximate surface area is 251 Å². The first kappa shape index (κ1) is 38.8. The number of nitrogens with one attached hydrogen (secondary N) is 1. The standard InChI is InChI=1S/C36H61NO4/c1-3-5-7-9-11-12-13-14-18-22-26-30-35(40)34(32-38)37-36(41)31-27-23-19-16-15-17-21-25-29-33(39)28-24-20-10-8-6-4-2/h6,8,16-17,19-21,24-26,29-30,33-35,38-40H,3-5,7,9-15,18,22-23,27-28,31-32H2,1-2H3,(H,37,41)/b8-6-,19-16-,21-17-,24-20-,29-25+,30-26+/t33?,34-,35+/m0/s1. The van der Waals surface area contributed by atoms with E-state index in [1.165, 1.54) is 51.4 Å². The van der Waals surface area contributed by atoms with E-state index in [1.807, 2.05) is 30.4 Å². The molecule has 41 heavy (non-hydrogen) atoms. The summed E-state index contributed by atoms with van der Waals surface area (Å²) in [6.07, 6.45) is 40.1. The van der Waals surface area contributed by atoms with Crippen molar-refractivity contribution < 1.29 is 20.1 Å². The first-order valence-electron chi connectivity index (χ1n) is 16.3. The number of amides is 1. The number of rotatable bonds is 27. The molecule has 0 aromatic carbocycles. The van der Waals surface area contributed by atoms with Gasteiger partial charge in [0.1, 0.15) is 0 Å². The van der Waals surface area contributed by atoms with Gasteiger partial charge >= 0.3 is 0 Å². The van der Waals surface area contributed by atoms with Crippen LogP contribution >= 0.6 is 0 Å². The smallest absolute Gasteiger partial charge is 0.220 e. The topological polar surface area (TPSA) is 89.8 Å². The zero-order valence-corrected chi connectivity index (χ0v) is 26.1. The van der Waals surface area contributed by atoms with Gasteiger partial charge in [0.05, 0.1) is 24.9 Å². The summed E-state index contributed by atoms with van der Waals surface area (Å²) in [4.78, 5) is 12.2. The van der Waals surface area contributed by atoms with Gasteiger partial charge in [-0.2, -0.15) is 0 Å². The van der Waals surface area contributed by atoms with E-state index in [0.29, 0.717) is 19.3 Å². The predicted octanol–water partition coefficient (Wildman–Crippen LogP) is 8.19. The Bertz CT molecular complexity index is 766. The molecule has 4 N–H and O–H groups in total. The molecule has 0 aliphatic carbocycles. The highest BCUT2D eigenvalue weighted by molar-refractivity contribution is 5.76. The molecule has 0 spiro atoms. The van der Waals surface area contributed by atoms with E-state index in [9.17, 15) is 20.1 Å². The molecule has 1 unspecified atom stereocenters. The summed E-state index contributed by atoms with van der Waals surface area (Å²) in [6, 6.07) is -0.673. The number of carbonyl (C=O) groups is 1. The van der Waals surface area contributed by atoms with Crippen molar-refractivity contribution in [1.82, 2.24) is 5.32 Å². The van der Waals surface area contributed by atoms with Gasteiger partial charge in [0.15, 0.2) is 0 Å². The largest absolute Gasteiger partial charge is 0.394 e. The summed E-state index contributed by atoms with van der Waals surface area (Å²) in [6.45, 7) is 4.06. The summed E-state index contributed by atoms with van der Waals surface area (Å²) in [7, 11) is 0. The van der Waals surface area contributed by atoms with Crippen molar-refractivity contribution >= 4 is 5.91 Å². The van der Waals surface area contributed by atoms with Crippen molar-refractivity contribution in [1.29, 1.82) is 0 Å². The van der Waals surface area contributed by atoms with Crippen molar-refractivity contribution in [2.24, 2.45) is 0 Å². The molecule has 0 rings (SSSR count). The van der Waals surface area contributed by atoms with Crippen LogP contribution in [0.5, 0.6) is 0 Å². The average molecular weight is 572 g/mol. The Hall–Kier alpha value is -2.21. The maximum absolute atomic E-state index is 12.2. The van der Waals surface area contributed by atoms with Gasteiger partial charge in [-0.1, -0.05) is 138 Å². The number of hydrogen-bond acceptors (Lipinski definition) is 4. The molecule has 0 aliphatic heterocycles. The highest BCUT2D eigenvalue weighted by Gasteiger charge is 2.17. The fourth-order valence-electron chi connectivity index (χ4n) is 4.24. The van der Waals surface area contributed by atoms with Gasteiger partial charge in [0, 0.05) is 6.42 Å².